The molecule has 3 atom stereocenters. The number of hydrogen-bond donors (Lipinski definition) is 1. The summed E-state index contributed by atoms with van der Waals surface area (Å²) in [6.45, 7) is 7.59. The molecule has 30 heavy (non-hydrogen) atoms. The molecule has 3 aliphatic heterocycles. The number of aryl methyl sites for hydroxylation is 1. The maximum absolute atomic E-state index is 13.6. The van der Waals surface area contributed by atoms with Crippen LogP contribution in [0.1, 0.15) is 37.4 Å². The molecule has 7 nitrogen and oxygen atoms in total. The van der Waals surface area contributed by atoms with Crippen molar-refractivity contribution >= 4 is 17.6 Å². The summed E-state index contributed by atoms with van der Waals surface area (Å²) in [7, 11) is 0. The maximum Gasteiger partial charge on any atom is 0.260 e. The molecule has 4 heterocycles. The molecule has 4 rings (SSSR count). The molecule has 0 aliphatic carbocycles. The zero-order chi connectivity index (χ0) is 21.4. The lowest BCUT2D eigenvalue weighted by Crippen LogP contribution is -2.47. The highest BCUT2D eigenvalue weighted by molar-refractivity contribution is 5.89. The number of alkyl halides is 2. The van der Waals surface area contributed by atoms with Crippen LogP contribution >= 0.6 is 0 Å². The molecular formula is C21H29F2N5O2. The molecule has 2 saturated heterocycles. The van der Waals surface area contributed by atoms with Crippen LogP contribution in [0.4, 0.5) is 14.6 Å². The van der Waals surface area contributed by atoms with E-state index >= 15 is 0 Å². The Morgan fingerprint density at radius 2 is 2.13 bits per heavy atom. The van der Waals surface area contributed by atoms with E-state index in [0.29, 0.717) is 38.4 Å². The van der Waals surface area contributed by atoms with Crippen molar-refractivity contribution in [3.05, 3.63) is 24.4 Å². The largest absolute Gasteiger partial charge is 0.367 e. The quantitative estimate of drug-likeness (QED) is 0.742. The number of piperidine rings is 1. The molecule has 164 valence electrons. The number of rotatable bonds is 5. The van der Waals surface area contributed by atoms with Crippen molar-refractivity contribution < 1.29 is 18.4 Å². The Kier molecular flexibility index (Phi) is 5.79. The highest BCUT2D eigenvalue weighted by Gasteiger charge is 2.40. The van der Waals surface area contributed by atoms with Gasteiger partial charge in [0.05, 0.1) is 11.6 Å². The third kappa shape index (κ3) is 3.94. The predicted octanol–water partition coefficient (Wildman–Crippen LogP) is 2.46. The van der Waals surface area contributed by atoms with Gasteiger partial charge in [0.2, 0.25) is 11.8 Å². The number of hydrogen-bond acceptors (Lipinski definition) is 4. The highest BCUT2D eigenvalue weighted by Crippen LogP contribution is 2.37. The second-order valence-corrected chi connectivity index (χ2v) is 8.66. The predicted molar refractivity (Wildman–Crippen MR) is 108 cm³/mol. The summed E-state index contributed by atoms with van der Waals surface area (Å²) >= 11 is 0. The lowest BCUT2D eigenvalue weighted by molar-refractivity contribution is -0.137. The van der Waals surface area contributed by atoms with Crippen LogP contribution in [0.5, 0.6) is 0 Å². The summed E-state index contributed by atoms with van der Waals surface area (Å²) < 4.78 is 28.7. The van der Waals surface area contributed by atoms with Crippen molar-refractivity contribution in [1.82, 2.24) is 19.6 Å². The molecule has 0 bridgehead atoms. The summed E-state index contributed by atoms with van der Waals surface area (Å²) in [6.07, 6.45) is 1.34. The number of nitrogens with zero attached hydrogens (tertiary/aromatic N) is 4. The number of aromatic nitrogens is 2. The number of carbonyl (C=O) groups is 2. The third-order valence-electron chi connectivity index (χ3n) is 6.63. The van der Waals surface area contributed by atoms with Crippen molar-refractivity contribution in [2.75, 3.05) is 31.5 Å². The van der Waals surface area contributed by atoms with E-state index in [-0.39, 0.29) is 36.1 Å². The Morgan fingerprint density at radius 1 is 1.40 bits per heavy atom. The molecule has 0 spiro atoms. The first-order chi connectivity index (χ1) is 14.4. The molecule has 0 unspecified atom stereocenters. The van der Waals surface area contributed by atoms with Gasteiger partial charge in [0, 0.05) is 44.7 Å². The number of amides is 2. The molecule has 1 aromatic heterocycles. The van der Waals surface area contributed by atoms with E-state index in [9.17, 15) is 18.4 Å². The zero-order valence-electron chi connectivity index (χ0n) is 17.3. The number of nitrogens with one attached hydrogen (secondary N) is 1. The normalized spacial score (nSPS) is 27.3. The Labute approximate surface area is 175 Å². The minimum atomic E-state index is -2.47. The van der Waals surface area contributed by atoms with Crippen LogP contribution < -0.4 is 5.32 Å². The summed E-state index contributed by atoms with van der Waals surface area (Å²) in [6, 6.07) is 0.840. The first kappa shape index (κ1) is 20.8. The van der Waals surface area contributed by atoms with Crippen LogP contribution in [-0.4, -0.2) is 70.0 Å². The van der Waals surface area contributed by atoms with E-state index in [1.165, 1.54) is 4.68 Å². The van der Waals surface area contributed by atoms with Gasteiger partial charge in [-0.1, -0.05) is 6.08 Å². The molecular weight excluding hydrogens is 392 g/mol. The van der Waals surface area contributed by atoms with Gasteiger partial charge in [0.15, 0.2) is 0 Å². The maximum atomic E-state index is 13.6. The van der Waals surface area contributed by atoms with Crippen LogP contribution in [-0.2, 0) is 9.59 Å². The van der Waals surface area contributed by atoms with Gasteiger partial charge in [-0.2, -0.15) is 5.10 Å². The first-order valence-corrected chi connectivity index (χ1v) is 10.7. The third-order valence-corrected chi connectivity index (χ3v) is 6.63. The fourth-order valence-corrected chi connectivity index (χ4v) is 5.06. The molecule has 9 heteroatoms. The average Bonchev–Trinajstić information content (AvgIpc) is 3.28. The lowest BCUT2D eigenvalue weighted by atomic mass is 9.84. The zero-order valence-corrected chi connectivity index (χ0v) is 17.3. The van der Waals surface area contributed by atoms with Crippen molar-refractivity contribution in [2.45, 2.75) is 51.1 Å². The molecule has 3 aliphatic rings. The standard InChI is InChI=1S/C21H29F2N5O2/c1-3-6-27-12-15(10-19(27)29)21(30)26-7-4-14(5-8-26)16-11-17(20(22)23)28-18(24-16)9-13(2)25-28/h3,9,14-17,20,24H,1,4-8,10-12H2,2H3/t15-,16-,17+/m0/s1. The smallest absolute Gasteiger partial charge is 0.260 e. The Bertz CT molecular complexity index is 818. The minimum Gasteiger partial charge on any atom is -0.367 e. The van der Waals surface area contributed by atoms with Crippen molar-refractivity contribution in [1.29, 1.82) is 0 Å². The first-order valence-electron chi connectivity index (χ1n) is 10.7. The molecule has 2 amide bonds. The van der Waals surface area contributed by atoms with Crippen LogP contribution in [0, 0.1) is 18.8 Å². The summed E-state index contributed by atoms with van der Waals surface area (Å²) in [4.78, 5) is 28.4. The monoisotopic (exact) mass is 421 g/mol. The van der Waals surface area contributed by atoms with Gasteiger partial charge in [-0.3, -0.25) is 9.59 Å². The van der Waals surface area contributed by atoms with E-state index in [1.807, 2.05) is 11.0 Å². The SMILES string of the molecule is C=CCN1C[C@@H](C(=O)N2CCC([C@@H]3C[C@H](C(F)F)n4nc(C)cc4N3)CC2)CC1=O. The molecule has 0 radical (unpaired) electrons. The highest BCUT2D eigenvalue weighted by atomic mass is 19.3. The molecule has 1 aromatic rings. The van der Waals surface area contributed by atoms with E-state index in [4.69, 9.17) is 0 Å². The molecule has 0 aromatic carbocycles. The van der Waals surface area contributed by atoms with Gasteiger partial charge in [0.1, 0.15) is 11.9 Å². The number of likely N-dealkylation sites (tertiary alicyclic amines) is 2. The Hall–Kier alpha value is -2.45. The average molecular weight is 421 g/mol. The van der Waals surface area contributed by atoms with Gasteiger partial charge < -0.3 is 15.1 Å². The van der Waals surface area contributed by atoms with E-state index in [0.717, 1.165) is 18.5 Å². The number of halogens is 2. The minimum absolute atomic E-state index is 0.000475. The van der Waals surface area contributed by atoms with E-state index in [2.05, 4.69) is 17.0 Å². The molecule has 2 fully saturated rings. The second-order valence-electron chi connectivity index (χ2n) is 8.66. The van der Waals surface area contributed by atoms with Gasteiger partial charge in [0.25, 0.3) is 6.43 Å². The van der Waals surface area contributed by atoms with Gasteiger partial charge >= 0.3 is 0 Å². The van der Waals surface area contributed by atoms with Crippen molar-refractivity contribution in [2.24, 2.45) is 11.8 Å². The summed E-state index contributed by atoms with van der Waals surface area (Å²) in [5.74, 6) is 0.618. The van der Waals surface area contributed by atoms with Crippen LogP contribution in [0.25, 0.3) is 0 Å². The van der Waals surface area contributed by atoms with Gasteiger partial charge in [-0.05, 0) is 32.1 Å². The summed E-state index contributed by atoms with van der Waals surface area (Å²) in [5, 5.41) is 7.62. The summed E-state index contributed by atoms with van der Waals surface area (Å²) in [5.41, 5.74) is 0.723. The Morgan fingerprint density at radius 3 is 2.80 bits per heavy atom. The van der Waals surface area contributed by atoms with Crippen LogP contribution in [0.3, 0.4) is 0 Å². The number of fused-ring (bicyclic) bond motifs is 1. The molecule has 1 N–H and O–H groups in total. The van der Waals surface area contributed by atoms with Crippen LogP contribution in [0.15, 0.2) is 18.7 Å². The van der Waals surface area contributed by atoms with Crippen molar-refractivity contribution in [3.63, 3.8) is 0 Å². The van der Waals surface area contributed by atoms with Crippen molar-refractivity contribution in [3.8, 4) is 0 Å². The second kappa shape index (κ2) is 8.35. The fourth-order valence-electron chi connectivity index (χ4n) is 5.06. The van der Waals surface area contributed by atoms with E-state index < -0.39 is 12.5 Å². The van der Waals surface area contributed by atoms with Crippen LogP contribution in [0.2, 0.25) is 0 Å². The van der Waals surface area contributed by atoms with Gasteiger partial charge in [-0.15, -0.1) is 6.58 Å². The van der Waals surface area contributed by atoms with E-state index in [1.54, 1.807) is 17.9 Å². The lowest BCUT2D eigenvalue weighted by Gasteiger charge is -2.41. The number of carbonyl (C=O) groups excluding carboxylic acids is 2. The van der Waals surface area contributed by atoms with Gasteiger partial charge in [-0.25, -0.2) is 13.5 Å². The number of anilines is 1. The molecule has 0 saturated carbocycles. The topological polar surface area (TPSA) is 70.5 Å². The fraction of sp³-hybridized carbons (Fsp3) is 0.667. The Balaban J connectivity index is 1.35.